The summed E-state index contributed by atoms with van der Waals surface area (Å²) >= 11 is 0. The van der Waals surface area contributed by atoms with Crippen LogP contribution in [0.4, 0.5) is 0 Å². The second-order valence-electron chi connectivity index (χ2n) is 5.09. The van der Waals surface area contributed by atoms with Gasteiger partial charge in [-0.25, -0.2) is 0 Å². The molecule has 5 nitrogen and oxygen atoms in total. The molecule has 1 fully saturated rings. The minimum atomic E-state index is -1.45. The van der Waals surface area contributed by atoms with Gasteiger partial charge in [0, 0.05) is 5.56 Å². The minimum Gasteiger partial charge on any atom is -0.508 e. The van der Waals surface area contributed by atoms with E-state index in [0.717, 1.165) is 0 Å². The van der Waals surface area contributed by atoms with Gasteiger partial charge in [0.05, 0.1) is 0 Å². The first-order valence-electron chi connectivity index (χ1n) is 5.75. The molecule has 1 aromatic carbocycles. The van der Waals surface area contributed by atoms with E-state index in [-0.39, 0.29) is 17.1 Å². The number of aliphatic hydroxyl groups is 2. The van der Waals surface area contributed by atoms with E-state index < -0.39 is 23.4 Å². The van der Waals surface area contributed by atoms with Gasteiger partial charge in [-0.05, 0) is 25.5 Å². The minimum absolute atomic E-state index is 0.141. The van der Waals surface area contributed by atoms with E-state index in [0.29, 0.717) is 5.56 Å². The summed E-state index contributed by atoms with van der Waals surface area (Å²) < 4.78 is 5.42. The van der Waals surface area contributed by atoms with Gasteiger partial charge in [0.25, 0.3) is 0 Å². The Morgan fingerprint density at radius 3 is 2.61 bits per heavy atom. The summed E-state index contributed by atoms with van der Waals surface area (Å²) in [4.78, 5) is 11.8. The molecule has 0 spiro atoms. The number of ketones is 1. The topological polar surface area (TPSA) is 90.3 Å². The Morgan fingerprint density at radius 2 is 2.00 bits per heavy atom. The molecule has 1 aromatic rings. The van der Waals surface area contributed by atoms with Crippen LogP contribution in [0.5, 0.6) is 5.75 Å². The normalized spacial score (nSPS) is 40.9. The van der Waals surface area contributed by atoms with Crippen molar-refractivity contribution < 1.29 is 24.9 Å². The smallest absolute Gasteiger partial charge is 0.188 e. The fourth-order valence-electron chi connectivity index (χ4n) is 3.12. The summed E-state index contributed by atoms with van der Waals surface area (Å²) in [6, 6.07) is 4.60. The molecular formula is C13H14O5. The van der Waals surface area contributed by atoms with Gasteiger partial charge in [-0.1, -0.05) is 12.1 Å². The van der Waals surface area contributed by atoms with Gasteiger partial charge in [-0.3, -0.25) is 4.79 Å². The average Bonchev–Trinajstić information content (AvgIpc) is 2.96. The van der Waals surface area contributed by atoms with Crippen molar-refractivity contribution in [1.82, 2.24) is 0 Å². The number of phenolic OH excluding ortho intramolecular Hbond substituents is 1. The van der Waals surface area contributed by atoms with Gasteiger partial charge in [0.2, 0.25) is 0 Å². The highest BCUT2D eigenvalue weighted by atomic mass is 16.7. The fraction of sp³-hybridized carbons (Fsp3) is 0.462. The Balaban J connectivity index is 2.26. The third kappa shape index (κ3) is 1.01. The van der Waals surface area contributed by atoms with Crippen LogP contribution in [0.3, 0.4) is 0 Å². The molecule has 3 N–H and O–H groups in total. The predicted molar refractivity (Wildman–Crippen MR) is 60.9 cm³/mol. The molecule has 0 saturated carbocycles. The standard InChI is InChI=1S/C13H14O5/c1-6(14)13-11(17)9-7(4-3-5-8(9)15)10(16)12(13,2)18-13/h3-5,10-11,15-17H,1-2H3. The van der Waals surface area contributed by atoms with Crippen molar-refractivity contribution in [3.05, 3.63) is 29.3 Å². The summed E-state index contributed by atoms with van der Waals surface area (Å²) in [7, 11) is 0. The van der Waals surface area contributed by atoms with Gasteiger partial charge in [0.15, 0.2) is 11.4 Å². The highest BCUT2D eigenvalue weighted by Crippen LogP contribution is 2.66. The van der Waals surface area contributed by atoms with E-state index in [4.69, 9.17) is 4.74 Å². The lowest BCUT2D eigenvalue weighted by molar-refractivity contribution is -0.126. The van der Waals surface area contributed by atoms with E-state index in [1.165, 1.54) is 13.0 Å². The van der Waals surface area contributed by atoms with Crippen LogP contribution in [-0.4, -0.2) is 32.3 Å². The zero-order chi connectivity index (χ0) is 13.3. The van der Waals surface area contributed by atoms with Crippen LogP contribution in [0.2, 0.25) is 0 Å². The van der Waals surface area contributed by atoms with Crippen LogP contribution in [0.15, 0.2) is 18.2 Å². The lowest BCUT2D eigenvalue weighted by Gasteiger charge is -2.32. The van der Waals surface area contributed by atoms with Crippen LogP contribution in [0.1, 0.15) is 37.2 Å². The molecule has 5 heteroatoms. The maximum Gasteiger partial charge on any atom is 0.188 e. The molecule has 96 valence electrons. The Hall–Kier alpha value is -1.43. The largest absolute Gasteiger partial charge is 0.508 e. The lowest BCUT2D eigenvalue weighted by Crippen LogP contribution is -2.44. The van der Waals surface area contributed by atoms with E-state index in [1.54, 1.807) is 19.1 Å². The number of phenols is 1. The maximum absolute atomic E-state index is 11.8. The molecule has 4 unspecified atom stereocenters. The molecule has 18 heavy (non-hydrogen) atoms. The fourth-order valence-corrected chi connectivity index (χ4v) is 3.12. The number of aromatic hydroxyl groups is 1. The molecule has 0 bridgehead atoms. The quantitative estimate of drug-likeness (QED) is 0.635. The third-order valence-corrected chi connectivity index (χ3v) is 4.18. The number of carbonyl (C=O) groups excluding carboxylic acids is 1. The first-order chi connectivity index (χ1) is 8.36. The lowest BCUT2D eigenvalue weighted by atomic mass is 9.71. The number of rotatable bonds is 1. The molecule has 2 aliphatic rings. The third-order valence-electron chi connectivity index (χ3n) is 4.18. The Bertz CT molecular complexity index is 554. The van der Waals surface area contributed by atoms with Crippen LogP contribution >= 0.6 is 0 Å². The summed E-state index contributed by atoms with van der Waals surface area (Å²) in [5.74, 6) is -0.498. The number of aliphatic hydroxyl groups excluding tert-OH is 2. The van der Waals surface area contributed by atoms with E-state index in [2.05, 4.69) is 0 Å². The summed E-state index contributed by atoms with van der Waals surface area (Å²) in [5.41, 5.74) is -1.99. The van der Waals surface area contributed by atoms with Gasteiger partial charge < -0.3 is 20.1 Å². The van der Waals surface area contributed by atoms with Gasteiger partial charge in [0.1, 0.15) is 23.6 Å². The van der Waals surface area contributed by atoms with Crippen LogP contribution in [-0.2, 0) is 9.53 Å². The van der Waals surface area contributed by atoms with E-state index in [9.17, 15) is 20.1 Å². The summed E-state index contributed by atoms with van der Waals surface area (Å²) in [5, 5.41) is 30.5. The van der Waals surface area contributed by atoms with E-state index >= 15 is 0 Å². The first-order valence-corrected chi connectivity index (χ1v) is 5.75. The highest BCUT2D eigenvalue weighted by molar-refractivity contribution is 5.92. The monoisotopic (exact) mass is 250 g/mol. The molecule has 3 rings (SSSR count). The van der Waals surface area contributed by atoms with Crippen molar-refractivity contribution in [2.24, 2.45) is 0 Å². The van der Waals surface area contributed by atoms with Crippen molar-refractivity contribution in [1.29, 1.82) is 0 Å². The number of carbonyl (C=O) groups is 1. The summed E-state index contributed by atoms with van der Waals surface area (Å²) in [6.45, 7) is 2.90. The Kier molecular flexibility index (Phi) is 2.02. The Labute approximate surface area is 104 Å². The molecule has 1 aliphatic heterocycles. The van der Waals surface area contributed by atoms with Crippen molar-refractivity contribution in [2.75, 3.05) is 0 Å². The molecule has 0 amide bonds. The van der Waals surface area contributed by atoms with E-state index in [1.807, 2.05) is 0 Å². The number of benzene rings is 1. The molecule has 0 aromatic heterocycles. The molecule has 1 saturated heterocycles. The maximum atomic E-state index is 11.8. The van der Waals surface area contributed by atoms with Crippen LogP contribution in [0.25, 0.3) is 0 Å². The van der Waals surface area contributed by atoms with Crippen LogP contribution < -0.4 is 0 Å². The zero-order valence-corrected chi connectivity index (χ0v) is 10.0. The van der Waals surface area contributed by atoms with Crippen LogP contribution in [0, 0.1) is 0 Å². The number of ether oxygens (including phenoxy) is 1. The van der Waals surface area contributed by atoms with Crippen molar-refractivity contribution in [3.8, 4) is 5.75 Å². The second kappa shape index (κ2) is 3.12. The first kappa shape index (κ1) is 11.6. The van der Waals surface area contributed by atoms with Gasteiger partial charge >= 0.3 is 0 Å². The molecule has 0 radical (unpaired) electrons. The molecule has 4 atom stereocenters. The number of Topliss-reactive ketones (excluding diaryl/α,β-unsaturated/α-hetero) is 1. The average molecular weight is 250 g/mol. The molecule has 1 heterocycles. The van der Waals surface area contributed by atoms with Crippen molar-refractivity contribution >= 4 is 5.78 Å². The summed E-state index contributed by atoms with van der Waals surface area (Å²) in [6.07, 6.45) is -2.31. The zero-order valence-electron chi connectivity index (χ0n) is 10.0. The number of fused-ring (bicyclic) bond motifs is 2. The number of hydrogen-bond acceptors (Lipinski definition) is 5. The predicted octanol–water partition coefficient (Wildman–Crippen LogP) is 0.589. The van der Waals surface area contributed by atoms with Crippen molar-refractivity contribution in [3.63, 3.8) is 0 Å². The molecular weight excluding hydrogens is 236 g/mol. The van der Waals surface area contributed by atoms with Crippen molar-refractivity contribution in [2.45, 2.75) is 37.3 Å². The van der Waals surface area contributed by atoms with Gasteiger partial charge in [-0.2, -0.15) is 0 Å². The highest BCUT2D eigenvalue weighted by Gasteiger charge is 2.80. The number of hydrogen-bond donors (Lipinski definition) is 3. The number of epoxide rings is 1. The Morgan fingerprint density at radius 1 is 1.33 bits per heavy atom. The van der Waals surface area contributed by atoms with Gasteiger partial charge in [-0.15, -0.1) is 0 Å². The molecule has 1 aliphatic carbocycles. The SMILES string of the molecule is CC(=O)C12OC1(C)C(O)c1cccc(O)c1C2O. The second-order valence-corrected chi connectivity index (χ2v) is 5.09.